The molecule has 2 aliphatic rings. The highest BCUT2D eigenvalue weighted by atomic mass is 16.2. The van der Waals surface area contributed by atoms with Crippen molar-refractivity contribution in [2.45, 2.75) is 50.7 Å². The van der Waals surface area contributed by atoms with Crippen molar-refractivity contribution in [1.82, 2.24) is 14.0 Å². The highest BCUT2D eigenvalue weighted by Gasteiger charge is 2.34. The van der Waals surface area contributed by atoms with Crippen molar-refractivity contribution in [2.75, 3.05) is 18.8 Å². The Morgan fingerprint density at radius 3 is 2.39 bits per heavy atom. The summed E-state index contributed by atoms with van der Waals surface area (Å²) in [5.74, 6) is -1.11. The Balaban J connectivity index is 1.74. The van der Waals surface area contributed by atoms with Gasteiger partial charge >= 0.3 is 5.69 Å². The lowest BCUT2D eigenvalue weighted by atomic mass is 10.0. The molecule has 4 N–H and O–H groups in total. The van der Waals surface area contributed by atoms with Crippen LogP contribution in [0.3, 0.4) is 0 Å². The second-order valence-electron chi connectivity index (χ2n) is 8.33. The van der Waals surface area contributed by atoms with Crippen LogP contribution in [0.15, 0.2) is 39.9 Å². The Morgan fingerprint density at radius 2 is 1.74 bits per heavy atom. The molecule has 2 fully saturated rings. The Bertz CT molecular complexity index is 1120. The van der Waals surface area contributed by atoms with Gasteiger partial charge < -0.3 is 11.5 Å². The van der Waals surface area contributed by atoms with Crippen molar-refractivity contribution in [2.24, 2.45) is 5.73 Å². The highest BCUT2D eigenvalue weighted by Crippen LogP contribution is 2.32. The average molecular weight is 425 g/mol. The summed E-state index contributed by atoms with van der Waals surface area (Å²) in [4.78, 5) is 52.9. The van der Waals surface area contributed by atoms with Gasteiger partial charge in [0.15, 0.2) is 5.78 Å². The minimum absolute atomic E-state index is 0.131. The summed E-state index contributed by atoms with van der Waals surface area (Å²) in [5.41, 5.74) is 11.2. The zero-order chi connectivity index (χ0) is 22.1. The number of benzene rings is 1. The molecule has 2 heterocycles. The van der Waals surface area contributed by atoms with Crippen LogP contribution in [0.25, 0.3) is 0 Å². The average Bonchev–Trinajstić information content (AvgIpc) is 3.57. The summed E-state index contributed by atoms with van der Waals surface area (Å²) in [6, 6.07) is 8.52. The fourth-order valence-electron chi connectivity index (χ4n) is 4.29. The van der Waals surface area contributed by atoms with E-state index in [2.05, 4.69) is 0 Å². The second-order valence-corrected chi connectivity index (χ2v) is 8.33. The molecule has 2 aromatic rings. The zero-order valence-corrected chi connectivity index (χ0v) is 17.3. The molecule has 1 unspecified atom stereocenters. The first-order valence-electron chi connectivity index (χ1n) is 10.6. The van der Waals surface area contributed by atoms with Crippen LogP contribution in [0.1, 0.15) is 54.1 Å². The Labute approximate surface area is 179 Å². The maximum absolute atomic E-state index is 13.2. The van der Waals surface area contributed by atoms with Gasteiger partial charge in [0.05, 0.1) is 19.1 Å². The number of aromatic nitrogens is 2. The van der Waals surface area contributed by atoms with Crippen LogP contribution in [0.5, 0.6) is 0 Å². The molecule has 1 aromatic carbocycles. The van der Waals surface area contributed by atoms with Crippen molar-refractivity contribution in [3.63, 3.8) is 0 Å². The number of nitrogens with two attached hydrogens (primary N) is 2. The number of hydrogen-bond acceptors (Lipinski definition) is 6. The lowest BCUT2D eigenvalue weighted by Gasteiger charge is -2.33. The van der Waals surface area contributed by atoms with Gasteiger partial charge in [-0.05, 0) is 37.8 Å². The summed E-state index contributed by atoms with van der Waals surface area (Å²) in [6.45, 7) is 0.563. The van der Waals surface area contributed by atoms with E-state index in [1.165, 1.54) is 4.57 Å². The van der Waals surface area contributed by atoms with Crippen molar-refractivity contribution in [1.29, 1.82) is 0 Å². The summed E-state index contributed by atoms with van der Waals surface area (Å²) in [5, 5.41) is 0. The fraction of sp³-hybridized carbons (Fsp3) is 0.455. The molecular weight excluding hydrogens is 398 g/mol. The summed E-state index contributed by atoms with van der Waals surface area (Å²) in [7, 11) is 0. The molecule has 0 spiro atoms. The number of primary amides is 1. The molecule has 1 saturated carbocycles. The Hall–Kier alpha value is -3.20. The van der Waals surface area contributed by atoms with Crippen LogP contribution >= 0.6 is 0 Å². The van der Waals surface area contributed by atoms with Gasteiger partial charge in [0.1, 0.15) is 11.4 Å². The first-order chi connectivity index (χ1) is 14.9. The van der Waals surface area contributed by atoms with Crippen molar-refractivity contribution in [3.05, 3.63) is 62.3 Å². The molecule has 1 aromatic heterocycles. The third kappa shape index (κ3) is 4.18. The SMILES string of the molecule is NC(=O)C1CCCCN1CC(=O)c1c(N)n(Cc2ccccc2)c(=O)n(C2CC2)c1=O. The van der Waals surface area contributed by atoms with Crippen LogP contribution in [-0.4, -0.2) is 44.9 Å². The third-order valence-corrected chi connectivity index (χ3v) is 6.08. The highest BCUT2D eigenvalue weighted by molar-refractivity contribution is 6.01. The number of anilines is 1. The third-order valence-electron chi connectivity index (χ3n) is 6.08. The number of amides is 1. The normalized spacial score (nSPS) is 19.3. The summed E-state index contributed by atoms with van der Waals surface area (Å²) >= 11 is 0. The molecule has 1 amide bonds. The maximum Gasteiger partial charge on any atom is 0.333 e. The van der Waals surface area contributed by atoms with Crippen LogP contribution in [0.2, 0.25) is 0 Å². The molecule has 9 nitrogen and oxygen atoms in total. The van der Waals surface area contributed by atoms with Crippen LogP contribution in [-0.2, 0) is 11.3 Å². The zero-order valence-electron chi connectivity index (χ0n) is 17.3. The predicted octanol–water partition coefficient (Wildman–Crippen LogP) is 0.498. The molecule has 0 radical (unpaired) electrons. The lowest BCUT2D eigenvalue weighted by molar-refractivity contribution is -0.124. The van der Waals surface area contributed by atoms with Gasteiger partial charge in [-0.25, -0.2) is 4.79 Å². The number of Topliss-reactive ketones (excluding diaryl/α,β-unsaturated/α-hetero) is 1. The van der Waals surface area contributed by atoms with E-state index >= 15 is 0 Å². The maximum atomic E-state index is 13.2. The van der Waals surface area contributed by atoms with E-state index in [0.717, 1.165) is 23.0 Å². The second kappa shape index (κ2) is 8.50. The van der Waals surface area contributed by atoms with Gasteiger partial charge in [-0.2, -0.15) is 0 Å². The minimum atomic E-state index is -0.646. The molecule has 9 heteroatoms. The molecular formula is C22H27N5O4. The van der Waals surface area contributed by atoms with E-state index in [4.69, 9.17) is 11.5 Å². The molecule has 31 heavy (non-hydrogen) atoms. The number of nitrogens with zero attached hydrogens (tertiary/aromatic N) is 3. The molecule has 1 aliphatic heterocycles. The molecule has 4 rings (SSSR count). The minimum Gasteiger partial charge on any atom is -0.384 e. The van der Waals surface area contributed by atoms with Crippen LogP contribution in [0, 0.1) is 0 Å². The molecule has 1 aliphatic carbocycles. The van der Waals surface area contributed by atoms with Gasteiger partial charge in [0.2, 0.25) is 5.91 Å². The number of carbonyl (C=O) groups is 2. The van der Waals surface area contributed by atoms with Crippen LogP contribution < -0.4 is 22.7 Å². The largest absolute Gasteiger partial charge is 0.384 e. The number of rotatable bonds is 7. The van der Waals surface area contributed by atoms with Gasteiger partial charge in [0, 0.05) is 6.04 Å². The van der Waals surface area contributed by atoms with E-state index in [1.807, 2.05) is 30.3 Å². The van der Waals surface area contributed by atoms with Crippen molar-refractivity contribution in [3.8, 4) is 0 Å². The van der Waals surface area contributed by atoms with Crippen LogP contribution in [0.4, 0.5) is 5.82 Å². The van der Waals surface area contributed by atoms with Crippen molar-refractivity contribution < 1.29 is 9.59 Å². The Morgan fingerprint density at radius 1 is 1.03 bits per heavy atom. The van der Waals surface area contributed by atoms with Gasteiger partial charge in [-0.15, -0.1) is 0 Å². The fourth-order valence-corrected chi connectivity index (χ4v) is 4.29. The summed E-state index contributed by atoms with van der Waals surface area (Å²) in [6.07, 6.45) is 3.71. The molecule has 1 saturated heterocycles. The molecule has 164 valence electrons. The number of nitrogen functional groups attached to an aromatic ring is 1. The molecule has 1 atom stereocenters. The number of carbonyl (C=O) groups excluding carboxylic acids is 2. The standard InChI is InChI=1S/C22H27N5O4/c23-19-18(17(28)13-25-11-5-4-8-16(25)20(24)29)21(30)27(15-9-10-15)22(31)26(19)12-14-6-2-1-3-7-14/h1-3,6-7,15-16H,4-5,8-13,23H2,(H2,24,29). The van der Waals surface area contributed by atoms with E-state index in [-0.39, 0.29) is 30.5 Å². The van der Waals surface area contributed by atoms with E-state index in [9.17, 15) is 19.2 Å². The lowest BCUT2D eigenvalue weighted by Crippen LogP contribution is -2.51. The van der Waals surface area contributed by atoms with E-state index in [0.29, 0.717) is 25.8 Å². The Kier molecular flexibility index (Phi) is 5.77. The summed E-state index contributed by atoms with van der Waals surface area (Å²) < 4.78 is 2.46. The number of hydrogen-bond donors (Lipinski definition) is 2. The number of ketones is 1. The van der Waals surface area contributed by atoms with Gasteiger partial charge in [-0.3, -0.25) is 28.4 Å². The first-order valence-corrected chi connectivity index (χ1v) is 10.6. The monoisotopic (exact) mass is 425 g/mol. The predicted molar refractivity (Wildman–Crippen MR) is 116 cm³/mol. The van der Waals surface area contributed by atoms with Gasteiger partial charge in [0.25, 0.3) is 5.56 Å². The van der Waals surface area contributed by atoms with Crippen molar-refractivity contribution >= 4 is 17.5 Å². The molecule has 0 bridgehead atoms. The van der Waals surface area contributed by atoms with Gasteiger partial charge in [-0.1, -0.05) is 36.8 Å². The number of likely N-dealkylation sites (tertiary alicyclic amines) is 1. The number of piperidine rings is 1. The first kappa shape index (κ1) is 21.0. The topological polar surface area (TPSA) is 133 Å². The smallest absolute Gasteiger partial charge is 0.333 e. The quantitative estimate of drug-likeness (QED) is 0.621. The van der Waals surface area contributed by atoms with E-state index in [1.54, 1.807) is 4.90 Å². The van der Waals surface area contributed by atoms with E-state index < -0.39 is 29.0 Å².